The Bertz CT molecular complexity index is 1520. The van der Waals surface area contributed by atoms with Gasteiger partial charge in [0.15, 0.2) is 0 Å². The molecular weight excluding hydrogens is 509 g/mol. The molecule has 0 saturated carbocycles. The standard InChI is InChI=1S/2C13H9NO2S.Ca/c2*1-7-4-14-5-9-6-17-11-3-8(13(15)16)2-10(7)12(9)11;/h2*2-6H,1H3,(H,15,16);/q;;+2/p-2. The van der Waals surface area contributed by atoms with E-state index in [1.807, 2.05) is 24.6 Å². The van der Waals surface area contributed by atoms with Crippen LogP contribution in [0.25, 0.3) is 31.3 Å². The van der Waals surface area contributed by atoms with Crippen LogP contribution >= 0.6 is 22.7 Å². The fourth-order valence-corrected chi connectivity index (χ4v) is 5.98. The normalized spacial score (nSPS) is 13.2. The predicted octanol–water partition coefficient (Wildman–Crippen LogP) is 3.74. The Morgan fingerprint density at radius 1 is 0.714 bits per heavy atom. The van der Waals surface area contributed by atoms with E-state index in [0.29, 0.717) is 0 Å². The molecule has 4 heterocycles. The molecule has 0 atom stereocenters. The Hall–Kier alpha value is -2.62. The van der Waals surface area contributed by atoms with Gasteiger partial charge in [-0.1, -0.05) is 0 Å². The summed E-state index contributed by atoms with van der Waals surface area (Å²) in [7, 11) is 0. The van der Waals surface area contributed by atoms with Crippen LogP contribution in [-0.4, -0.2) is 62.1 Å². The summed E-state index contributed by atoms with van der Waals surface area (Å²) >= 11 is 3.05. The topological polar surface area (TPSA) is 105 Å². The maximum absolute atomic E-state index is 11.0. The monoisotopic (exact) mass is 524 g/mol. The minimum atomic E-state index is -1.14. The number of carbonyl (C=O) groups excluding carboxylic acids is 2. The van der Waals surface area contributed by atoms with Crippen LogP contribution in [-0.2, 0) is 0 Å². The number of carbonyl (C=O) groups is 2. The number of hydrogen-bond acceptors (Lipinski definition) is 8. The average molecular weight is 525 g/mol. The van der Waals surface area contributed by atoms with E-state index in [1.54, 1.807) is 49.1 Å². The first kappa shape index (κ1) is 25.5. The first-order chi connectivity index (χ1) is 16.3. The molecule has 9 heteroatoms. The Morgan fingerprint density at radius 3 is 1.49 bits per heavy atom. The molecule has 0 amide bonds. The molecule has 0 spiro atoms. The zero-order chi connectivity index (χ0) is 24.0. The summed E-state index contributed by atoms with van der Waals surface area (Å²) in [6.45, 7) is 3.86. The number of hydrogen-bond donors (Lipinski definition) is 0. The summed E-state index contributed by atoms with van der Waals surface area (Å²) in [5, 5.41) is 28.1. The summed E-state index contributed by atoms with van der Waals surface area (Å²) in [4.78, 5) is 30.3. The molecule has 0 unspecified atom stereocenters. The van der Waals surface area contributed by atoms with Gasteiger partial charge in [0.05, 0.1) is 11.9 Å². The van der Waals surface area contributed by atoms with Crippen LogP contribution < -0.4 is 10.2 Å². The molecule has 6 nitrogen and oxygen atoms in total. The smallest absolute Gasteiger partial charge is 0.545 e. The van der Waals surface area contributed by atoms with Crippen molar-refractivity contribution in [1.29, 1.82) is 0 Å². The number of carboxylic acid groups (broad SMARTS) is 2. The molecule has 0 saturated heterocycles. The van der Waals surface area contributed by atoms with E-state index in [0.717, 1.165) is 53.6 Å². The maximum Gasteiger partial charge on any atom is 2.00 e. The quantitative estimate of drug-likeness (QED) is 0.373. The molecule has 0 aliphatic carbocycles. The summed E-state index contributed by atoms with van der Waals surface area (Å²) in [5.74, 6) is -2.29. The van der Waals surface area contributed by atoms with Crippen molar-refractivity contribution in [2.45, 2.75) is 13.8 Å². The number of allylic oxidation sites excluding steroid dienone is 2. The molecule has 4 aromatic rings. The van der Waals surface area contributed by atoms with Gasteiger partial charge in [0, 0.05) is 66.9 Å². The van der Waals surface area contributed by atoms with Gasteiger partial charge in [-0.05, 0) is 71.5 Å². The van der Waals surface area contributed by atoms with Crippen LogP contribution in [0.4, 0.5) is 0 Å². The second-order valence-electron chi connectivity index (χ2n) is 7.93. The van der Waals surface area contributed by atoms with Crippen LogP contribution in [0.15, 0.2) is 57.4 Å². The Balaban J connectivity index is 0.000000160. The van der Waals surface area contributed by atoms with E-state index in [1.165, 1.54) is 22.7 Å². The zero-order valence-corrected chi connectivity index (χ0v) is 22.7. The van der Waals surface area contributed by atoms with Crippen LogP contribution in [0, 0.1) is 0 Å². The van der Waals surface area contributed by atoms with Gasteiger partial charge in [0.1, 0.15) is 0 Å². The third kappa shape index (κ3) is 4.77. The summed E-state index contributed by atoms with van der Waals surface area (Å²) < 4.78 is 1.91. The Labute approximate surface area is 238 Å². The van der Waals surface area contributed by atoms with Crippen molar-refractivity contribution in [3.05, 3.63) is 80.8 Å². The Morgan fingerprint density at radius 2 is 1.11 bits per heavy atom. The minimum Gasteiger partial charge on any atom is -0.545 e. The van der Waals surface area contributed by atoms with Gasteiger partial charge >= 0.3 is 37.7 Å². The van der Waals surface area contributed by atoms with Gasteiger partial charge in [-0.15, -0.1) is 22.7 Å². The summed E-state index contributed by atoms with van der Waals surface area (Å²) in [6.07, 6.45) is 7.10. The van der Waals surface area contributed by atoms with E-state index < -0.39 is 11.9 Å². The van der Waals surface area contributed by atoms with Gasteiger partial charge in [0.2, 0.25) is 0 Å². The molecule has 35 heavy (non-hydrogen) atoms. The number of aliphatic imine (C=N–C) groups is 2. The summed E-state index contributed by atoms with van der Waals surface area (Å²) in [5.41, 5.74) is 6.30. The molecule has 0 bridgehead atoms. The number of carboxylic acids is 2. The van der Waals surface area contributed by atoms with Gasteiger partial charge < -0.3 is 19.8 Å². The van der Waals surface area contributed by atoms with Crippen molar-refractivity contribution in [3.8, 4) is 0 Å². The van der Waals surface area contributed by atoms with Crippen molar-refractivity contribution in [1.82, 2.24) is 0 Å². The molecule has 0 radical (unpaired) electrons. The van der Waals surface area contributed by atoms with Gasteiger partial charge in [0.25, 0.3) is 0 Å². The van der Waals surface area contributed by atoms with E-state index in [-0.39, 0.29) is 48.9 Å². The zero-order valence-electron chi connectivity index (χ0n) is 18.8. The third-order valence-corrected chi connectivity index (χ3v) is 7.59. The molecule has 6 rings (SSSR count). The van der Waals surface area contributed by atoms with Crippen molar-refractivity contribution in [3.63, 3.8) is 0 Å². The van der Waals surface area contributed by atoms with Crippen LogP contribution in [0.3, 0.4) is 0 Å². The van der Waals surface area contributed by atoms with Gasteiger partial charge in [-0.25, -0.2) is 0 Å². The SMILES string of the molecule is CC1=CN=Cc2csc3cc(C(=O)[O-])cc1c23.CC1=CN=Cc2csc3cc(C(=O)[O-])cc1c23.[Ca+2]. The van der Waals surface area contributed by atoms with Crippen molar-refractivity contribution in [2.75, 3.05) is 0 Å². The van der Waals surface area contributed by atoms with Crippen LogP contribution in [0.1, 0.15) is 56.8 Å². The van der Waals surface area contributed by atoms with Crippen molar-refractivity contribution in [2.24, 2.45) is 9.98 Å². The largest absolute Gasteiger partial charge is 2.00 e. The molecule has 0 N–H and O–H groups in total. The number of benzene rings is 2. The molecule has 2 aromatic carbocycles. The molecule has 2 aliphatic rings. The predicted molar refractivity (Wildman–Crippen MR) is 141 cm³/mol. The summed E-state index contributed by atoms with van der Waals surface area (Å²) in [6, 6.07) is 6.65. The number of thiophene rings is 2. The first-order valence-electron chi connectivity index (χ1n) is 10.3. The van der Waals surface area contributed by atoms with E-state index in [9.17, 15) is 19.8 Å². The van der Waals surface area contributed by atoms with Crippen molar-refractivity contribution < 1.29 is 19.8 Å². The Kier molecular flexibility index (Phi) is 7.40. The van der Waals surface area contributed by atoms with E-state index >= 15 is 0 Å². The number of nitrogens with zero attached hydrogens (tertiary/aromatic N) is 2. The fourth-order valence-electron chi connectivity index (χ4n) is 4.03. The number of aromatic carboxylic acids is 2. The maximum atomic E-state index is 11.0. The molecule has 2 aromatic heterocycles. The first-order valence-corrected chi connectivity index (χ1v) is 12.0. The van der Waals surface area contributed by atoms with Gasteiger partial charge in [-0.2, -0.15) is 0 Å². The van der Waals surface area contributed by atoms with Crippen LogP contribution in [0.5, 0.6) is 0 Å². The second-order valence-corrected chi connectivity index (χ2v) is 9.75. The second kappa shape index (κ2) is 10.2. The van der Waals surface area contributed by atoms with E-state index in [2.05, 4.69) is 9.98 Å². The fraction of sp³-hybridized carbons (Fsp3) is 0.0769. The molecule has 0 fully saturated rings. The number of rotatable bonds is 2. The molecule has 2 aliphatic heterocycles. The average Bonchev–Trinajstić information content (AvgIpc) is 3.32. The van der Waals surface area contributed by atoms with Crippen LogP contribution in [0.2, 0.25) is 0 Å². The van der Waals surface area contributed by atoms with E-state index in [4.69, 9.17) is 0 Å². The van der Waals surface area contributed by atoms with Crippen molar-refractivity contribution >= 4 is 116 Å². The molecule has 168 valence electrons. The van der Waals surface area contributed by atoms with Gasteiger partial charge in [-0.3, -0.25) is 9.98 Å². The molecular formula is C26H16CaN2O4S2. The minimum absolute atomic E-state index is 0. The third-order valence-electron chi connectivity index (χ3n) is 5.69.